The number of halogens is 1. The summed E-state index contributed by atoms with van der Waals surface area (Å²) in [6.45, 7) is 10.1. The quantitative estimate of drug-likeness (QED) is 0.926. The number of anilines is 1. The van der Waals surface area contributed by atoms with Crippen LogP contribution >= 0.6 is 11.6 Å². The molecule has 1 N–H and O–H groups in total. The molecule has 5 heteroatoms. The van der Waals surface area contributed by atoms with Gasteiger partial charge >= 0.3 is 0 Å². The van der Waals surface area contributed by atoms with Crippen LogP contribution in [0.3, 0.4) is 0 Å². The first-order valence-corrected chi connectivity index (χ1v) is 7.89. The highest BCUT2D eigenvalue weighted by Crippen LogP contribution is 2.26. The van der Waals surface area contributed by atoms with Gasteiger partial charge in [0, 0.05) is 31.9 Å². The number of nitrogens with zero attached hydrogens (tertiary/aromatic N) is 2. The van der Waals surface area contributed by atoms with Gasteiger partial charge in [0.2, 0.25) is 0 Å². The Morgan fingerprint density at radius 3 is 2.76 bits per heavy atom. The van der Waals surface area contributed by atoms with E-state index in [0.29, 0.717) is 11.1 Å². The van der Waals surface area contributed by atoms with E-state index in [9.17, 15) is 0 Å². The van der Waals surface area contributed by atoms with Crippen molar-refractivity contribution in [1.82, 2.24) is 10.3 Å². The van der Waals surface area contributed by atoms with Crippen LogP contribution in [0.4, 0.5) is 5.82 Å². The van der Waals surface area contributed by atoms with Crippen LogP contribution in [0, 0.1) is 0 Å². The fourth-order valence-corrected chi connectivity index (χ4v) is 2.73. The smallest absolute Gasteiger partial charge is 0.128 e. The number of aromatic nitrogens is 1. The number of rotatable bonds is 4. The van der Waals surface area contributed by atoms with Crippen molar-refractivity contribution in [3.8, 4) is 0 Å². The normalized spacial score (nSPS) is 22.6. The summed E-state index contributed by atoms with van der Waals surface area (Å²) in [6.07, 6.45) is 3.02. The summed E-state index contributed by atoms with van der Waals surface area (Å²) in [5.41, 5.74) is 1.14. The van der Waals surface area contributed by atoms with E-state index < -0.39 is 0 Å². The Labute approximate surface area is 132 Å². The average Bonchev–Trinajstić information content (AvgIpc) is 2.82. The Morgan fingerprint density at radius 2 is 2.19 bits per heavy atom. The molecule has 2 rings (SSSR count). The molecule has 2 heterocycles. The Hall–Kier alpha value is -0.840. The molecule has 0 aliphatic carbocycles. The molecule has 0 bridgehead atoms. The van der Waals surface area contributed by atoms with Crippen LogP contribution in [0.5, 0.6) is 0 Å². The number of hydrogen-bond donors (Lipinski definition) is 1. The maximum Gasteiger partial charge on any atom is 0.128 e. The van der Waals surface area contributed by atoms with Crippen LogP contribution in [-0.2, 0) is 11.3 Å². The molecule has 1 aliphatic rings. The van der Waals surface area contributed by atoms with E-state index in [0.717, 1.165) is 31.0 Å². The summed E-state index contributed by atoms with van der Waals surface area (Å²) >= 11 is 6.27. The first-order chi connectivity index (χ1) is 9.78. The monoisotopic (exact) mass is 311 g/mol. The zero-order chi connectivity index (χ0) is 15.6. The Balaban J connectivity index is 2.14. The second kappa shape index (κ2) is 6.51. The lowest BCUT2D eigenvalue weighted by atomic mass is 10.1. The van der Waals surface area contributed by atoms with E-state index in [-0.39, 0.29) is 11.6 Å². The minimum atomic E-state index is 0.0620. The predicted octanol–water partition coefficient (Wildman–Crippen LogP) is 3.24. The largest absolute Gasteiger partial charge is 0.376 e. The lowest BCUT2D eigenvalue weighted by Gasteiger charge is -2.28. The summed E-state index contributed by atoms with van der Waals surface area (Å²) in [4.78, 5) is 6.68. The highest BCUT2D eigenvalue weighted by molar-refractivity contribution is 6.31. The van der Waals surface area contributed by atoms with Crippen LogP contribution in [0.25, 0.3) is 0 Å². The number of likely N-dealkylation sites (N-methyl/N-ethyl adjacent to an activating group) is 1. The van der Waals surface area contributed by atoms with E-state index in [1.165, 1.54) is 0 Å². The zero-order valence-corrected chi connectivity index (χ0v) is 14.4. The minimum absolute atomic E-state index is 0.0620. The number of ether oxygens (including phenoxy) is 1. The van der Waals surface area contributed by atoms with Gasteiger partial charge in [0.05, 0.1) is 17.2 Å². The fourth-order valence-electron chi connectivity index (χ4n) is 2.56. The second-order valence-electron chi connectivity index (χ2n) is 6.78. The van der Waals surface area contributed by atoms with Gasteiger partial charge in [-0.05, 0) is 45.7 Å². The molecule has 0 saturated carbocycles. The molecule has 0 spiro atoms. The molecule has 0 amide bonds. The van der Waals surface area contributed by atoms with Crippen molar-refractivity contribution in [2.24, 2.45) is 0 Å². The van der Waals surface area contributed by atoms with Crippen LogP contribution in [-0.4, -0.2) is 36.3 Å². The summed E-state index contributed by atoms with van der Waals surface area (Å²) < 4.78 is 5.65. The SMILES string of the molecule is CC1OCCC1N(C)c1cc(CNC(C)(C)C)c(Cl)cn1. The maximum absolute atomic E-state index is 6.27. The van der Waals surface area contributed by atoms with Crippen LogP contribution in [0.15, 0.2) is 12.3 Å². The maximum atomic E-state index is 6.27. The van der Waals surface area contributed by atoms with Gasteiger partial charge in [-0.2, -0.15) is 0 Å². The third-order valence-electron chi connectivity index (χ3n) is 3.92. The van der Waals surface area contributed by atoms with Crippen LogP contribution in [0.1, 0.15) is 39.7 Å². The first-order valence-electron chi connectivity index (χ1n) is 7.52. The lowest BCUT2D eigenvalue weighted by Crippen LogP contribution is -2.37. The third kappa shape index (κ3) is 4.31. The van der Waals surface area contributed by atoms with Crippen molar-refractivity contribution in [2.75, 3.05) is 18.6 Å². The Morgan fingerprint density at radius 1 is 1.48 bits per heavy atom. The average molecular weight is 312 g/mol. The van der Waals surface area contributed by atoms with E-state index in [2.05, 4.69) is 56.0 Å². The van der Waals surface area contributed by atoms with Crippen LogP contribution < -0.4 is 10.2 Å². The van der Waals surface area contributed by atoms with Gasteiger partial charge in [-0.3, -0.25) is 0 Å². The van der Waals surface area contributed by atoms with Gasteiger partial charge in [-0.1, -0.05) is 11.6 Å². The first kappa shape index (κ1) is 16.5. The summed E-state index contributed by atoms with van der Waals surface area (Å²) in [6, 6.07) is 2.45. The topological polar surface area (TPSA) is 37.4 Å². The molecular formula is C16H26ClN3O. The van der Waals surface area contributed by atoms with Crippen molar-refractivity contribution in [3.63, 3.8) is 0 Å². The molecule has 1 aliphatic heterocycles. The van der Waals surface area contributed by atoms with Crippen molar-refractivity contribution in [2.45, 2.75) is 58.3 Å². The molecule has 2 atom stereocenters. The highest BCUT2D eigenvalue weighted by atomic mass is 35.5. The second-order valence-corrected chi connectivity index (χ2v) is 7.19. The molecule has 0 aromatic carbocycles. The van der Waals surface area contributed by atoms with E-state index >= 15 is 0 Å². The standard InChI is InChI=1S/C16H26ClN3O/c1-11-14(6-7-21-11)20(5)15-8-12(13(17)10-18-15)9-19-16(2,3)4/h8,10-11,14,19H,6-7,9H2,1-5H3. The van der Waals surface area contributed by atoms with Crippen molar-refractivity contribution < 1.29 is 4.74 Å². The number of hydrogen-bond acceptors (Lipinski definition) is 4. The molecule has 21 heavy (non-hydrogen) atoms. The molecule has 2 unspecified atom stereocenters. The highest BCUT2D eigenvalue weighted by Gasteiger charge is 2.28. The molecule has 118 valence electrons. The summed E-state index contributed by atoms with van der Waals surface area (Å²) in [7, 11) is 2.08. The number of pyridine rings is 1. The molecule has 4 nitrogen and oxygen atoms in total. The van der Waals surface area contributed by atoms with Crippen molar-refractivity contribution in [3.05, 3.63) is 22.8 Å². The molecule has 1 aromatic heterocycles. The molecule has 1 aromatic rings. The predicted molar refractivity (Wildman–Crippen MR) is 88.1 cm³/mol. The molecule has 1 saturated heterocycles. The van der Waals surface area contributed by atoms with E-state index in [1.54, 1.807) is 6.20 Å². The van der Waals surface area contributed by atoms with Gasteiger partial charge in [0.1, 0.15) is 5.82 Å². The molecule has 1 fully saturated rings. The van der Waals surface area contributed by atoms with E-state index in [4.69, 9.17) is 16.3 Å². The zero-order valence-electron chi connectivity index (χ0n) is 13.6. The Bertz CT molecular complexity index is 487. The summed E-state index contributed by atoms with van der Waals surface area (Å²) in [5.74, 6) is 0.951. The summed E-state index contributed by atoms with van der Waals surface area (Å²) in [5, 5.41) is 4.18. The van der Waals surface area contributed by atoms with Gasteiger partial charge in [0.15, 0.2) is 0 Å². The fraction of sp³-hybridized carbons (Fsp3) is 0.688. The Kier molecular flexibility index (Phi) is 5.12. The molecule has 0 radical (unpaired) electrons. The van der Waals surface area contributed by atoms with Gasteiger partial charge in [-0.25, -0.2) is 4.98 Å². The van der Waals surface area contributed by atoms with Crippen LogP contribution in [0.2, 0.25) is 5.02 Å². The van der Waals surface area contributed by atoms with Crippen molar-refractivity contribution in [1.29, 1.82) is 0 Å². The van der Waals surface area contributed by atoms with Gasteiger partial charge < -0.3 is 15.0 Å². The molecular weight excluding hydrogens is 286 g/mol. The number of nitrogens with one attached hydrogen (secondary N) is 1. The minimum Gasteiger partial charge on any atom is -0.376 e. The van der Waals surface area contributed by atoms with Gasteiger partial charge in [0.25, 0.3) is 0 Å². The van der Waals surface area contributed by atoms with Crippen molar-refractivity contribution >= 4 is 17.4 Å². The third-order valence-corrected chi connectivity index (χ3v) is 4.26. The van der Waals surface area contributed by atoms with E-state index in [1.807, 2.05) is 0 Å². The van der Waals surface area contributed by atoms with Gasteiger partial charge in [-0.15, -0.1) is 0 Å². The lowest BCUT2D eigenvalue weighted by molar-refractivity contribution is 0.118.